The third-order valence-electron chi connectivity index (χ3n) is 5.31. The van der Waals surface area contributed by atoms with E-state index in [1.807, 2.05) is 24.8 Å². The topological polar surface area (TPSA) is 105 Å². The van der Waals surface area contributed by atoms with Gasteiger partial charge in [0.15, 0.2) is 11.5 Å². The molecule has 1 aromatic heterocycles. The van der Waals surface area contributed by atoms with Crippen molar-refractivity contribution in [3.8, 4) is 17.1 Å². The van der Waals surface area contributed by atoms with Gasteiger partial charge in [0.05, 0.1) is 22.1 Å². The summed E-state index contributed by atoms with van der Waals surface area (Å²) in [6, 6.07) is 12.0. The number of ether oxygens (including phenoxy) is 1. The summed E-state index contributed by atoms with van der Waals surface area (Å²) in [4.78, 5) is 25.6. The molecule has 0 unspecified atom stereocenters. The van der Waals surface area contributed by atoms with Crippen molar-refractivity contribution in [1.29, 1.82) is 0 Å². The first kappa shape index (κ1) is 24.1. The van der Waals surface area contributed by atoms with E-state index in [1.165, 1.54) is 6.07 Å². The molecule has 0 radical (unpaired) electrons. The molecule has 0 bridgehead atoms. The highest BCUT2D eigenvalue weighted by atomic mass is 35.5. The Hall–Kier alpha value is -3.07. The molecule has 2 N–H and O–H groups in total. The van der Waals surface area contributed by atoms with Gasteiger partial charge in [-0.25, -0.2) is 0 Å². The van der Waals surface area contributed by atoms with E-state index < -0.39 is 11.9 Å². The number of rotatable bonds is 8. The highest BCUT2D eigenvalue weighted by Crippen LogP contribution is 2.31. The average molecular weight is 504 g/mol. The third kappa shape index (κ3) is 5.52. The van der Waals surface area contributed by atoms with Crippen molar-refractivity contribution in [3.05, 3.63) is 63.8 Å². The number of likely N-dealkylation sites (tertiary alicyclic amines) is 1. The quantitative estimate of drug-likeness (QED) is 0.434. The minimum Gasteiger partial charge on any atom is -0.489 e. The van der Waals surface area contributed by atoms with E-state index in [0.29, 0.717) is 52.4 Å². The summed E-state index contributed by atoms with van der Waals surface area (Å²) in [6.45, 7) is 5.45. The maximum atomic E-state index is 12.6. The number of amides is 1. The predicted molar refractivity (Wildman–Crippen MR) is 129 cm³/mol. The molecular weight excluding hydrogens is 481 g/mol. The van der Waals surface area contributed by atoms with Gasteiger partial charge in [-0.2, -0.15) is 0 Å². The van der Waals surface area contributed by atoms with E-state index in [2.05, 4.69) is 10.5 Å². The van der Waals surface area contributed by atoms with Crippen LogP contribution in [0.3, 0.4) is 0 Å². The zero-order valence-electron chi connectivity index (χ0n) is 18.5. The van der Waals surface area contributed by atoms with E-state index in [-0.39, 0.29) is 17.7 Å². The van der Waals surface area contributed by atoms with Crippen LogP contribution in [0.15, 0.2) is 47.0 Å². The average Bonchev–Trinajstić information content (AvgIpc) is 3.22. The Bertz CT molecular complexity index is 1220. The van der Waals surface area contributed by atoms with Gasteiger partial charge in [-0.05, 0) is 49.7 Å². The fourth-order valence-corrected chi connectivity index (χ4v) is 4.12. The molecule has 0 saturated carbocycles. The largest absolute Gasteiger partial charge is 0.489 e. The fourth-order valence-electron chi connectivity index (χ4n) is 3.60. The summed E-state index contributed by atoms with van der Waals surface area (Å²) in [5.41, 5.74) is 2.14. The van der Waals surface area contributed by atoms with Gasteiger partial charge < -0.3 is 19.7 Å². The summed E-state index contributed by atoms with van der Waals surface area (Å²) in [5, 5.41) is 16.4. The van der Waals surface area contributed by atoms with Crippen LogP contribution in [-0.4, -0.2) is 46.2 Å². The van der Waals surface area contributed by atoms with Crippen LogP contribution in [-0.2, 0) is 11.3 Å². The third-order valence-corrected chi connectivity index (χ3v) is 5.91. The van der Waals surface area contributed by atoms with Crippen LogP contribution in [0.1, 0.15) is 29.9 Å². The highest BCUT2D eigenvalue weighted by Gasteiger charge is 2.32. The number of nitrogens with zero attached hydrogens (tertiary/aromatic N) is 2. The van der Waals surface area contributed by atoms with Crippen LogP contribution in [0.5, 0.6) is 5.75 Å². The highest BCUT2D eigenvalue weighted by molar-refractivity contribution is 6.33. The Labute approximate surface area is 206 Å². The van der Waals surface area contributed by atoms with Crippen molar-refractivity contribution in [2.45, 2.75) is 26.5 Å². The number of nitrogens with one attached hydrogen (secondary N) is 1. The molecule has 0 atom stereocenters. The monoisotopic (exact) mass is 503 g/mol. The summed E-state index contributed by atoms with van der Waals surface area (Å²) in [7, 11) is 0. The molecule has 178 valence electrons. The first-order valence-corrected chi connectivity index (χ1v) is 11.4. The molecule has 0 aliphatic carbocycles. The van der Waals surface area contributed by atoms with E-state index >= 15 is 0 Å². The molecule has 4 rings (SSSR count). The first-order valence-electron chi connectivity index (χ1n) is 10.7. The van der Waals surface area contributed by atoms with Crippen molar-refractivity contribution in [3.63, 3.8) is 0 Å². The lowest BCUT2D eigenvalue weighted by Gasteiger charge is -2.36. The zero-order valence-corrected chi connectivity index (χ0v) is 20.1. The van der Waals surface area contributed by atoms with Gasteiger partial charge in [0.1, 0.15) is 5.75 Å². The summed E-state index contributed by atoms with van der Waals surface area (Å²) in [6.07, 6.45) is -0.0209. The second-order valence-electron chi connectivity index (χ2n) is 8.39. The molecule has 1 fully saturated rings. The summed E-state index contributed by atoms with van der Waals surface area (Å²) < 4.78 is 10.9. The Morgan fingerprint density at radius 3 is 2.59 bits per heavy atom. The number of aromatic nitrogens is 1. The molecule has 1 aliphatic rings. The molecule has 1 aliphatic heterocycles. The number of benzene rings is 2. The smallest absolute Gasteiger partial charge is 0.309 e. The molecular formula is C24H23Cl2N3O5. The van der Waals surface area contributed by atoms with Crippen molar-refractivity contribution in [2.75, 3.05) is 18.4 Å². The Balaban J connectivity index is 1.40. The SMILES string of the molecule is CC(C)Oc1ccc(NC(=O)c2cc(-c3ccc(CN4CC(C(=O)O)C4)cc3Cl)on2)cc1Cl. The zero-order chi connectivity index (χ0) is 24.4. The van der Waals surface area contributed by atoms with Gasteiger partial charge in [-0.15, -0.1) is 0 Å². The number of hydrogen-bond donors (Lipinski definition) is 2. The molecule has 2 heterocycles. The van der Waals surface area contributed by atoms with Gasteiger partial charge in [0.2, 0.25) is 0 Å². The number of anilines is 1. The van der Waals surface area contributed by atoms with Crippen LogP contribution in [0.25, 0.3) is 11.3 Å². The molecule has 0 spiro atoms. The number of aliphatic carboxylic acids is 1. The Kier molecular flexibility index (Phi) is 7.11. The molecule has 1 saturated heterocycles. The molecule has 10 heteroatoms. The number of carboxylic acid groups (broad SMARTS) is 1. The maximum absolute atomic E-state index is 12.6. The van der Waals surface area contributed by atoms with Crippen LogP contribution in [0, 0.1) is 5.92 Å². The molecule has 8 nitrogen and oxygen atoms in total. The van der Waals surface area contributed by atoms with E-state index in [9.17, 15) is 9.59 Å². The number of hydrogen-bond acceptors (Lipinski definition) is 6. The van der Waals surface area contributed by atoms with Crippen molar-refractivity contribution >= 4 is 40.8 Å². The van der Waals surface area contributed by atoms with Crippen molar-refractivity contribution in [1.82, 2.24) is 10.1 Å². The van der Waals surface area contributed by atoms with Crippen molar-refractivity contribution < 1.29 is 24.0 Å². The lowest BCUT2D eigenvalue weighted by atomic mass is 9.99. The van der Waals surface area contributed by atoms with Crippen LogP contribution < -0.4 is 10.1 Å². The van der Waals surface area contributed by atoms with Gasteiger partial charge in [0.25, 0.3) is 5.91 Å². The minimum atomic E-state index is -0.768. The van der Waals surface area contributed by atoms with Gasteiger partial charge in [-0.3, -0.25) is 14.5 Å². The Morgan fingerprint density at radius 2 is 1.94 bits per heavy atom. The maximum Gasteiger partial charge on any atom is 0.309 e. The van der Waals surface area contributed by atoms with Gasteiger partial charge in [0, 0.05) is 37.0 Å². The fraction of sp³-hybridized carbons (Fsp3) is 0.292. The van der Waals surface area contributed by atoms with E-state index in [4.69, 9.17) is 37.6 Å². The second-order valence-corrected chi connectivity index (χ2v) is 9.20. The number of halogens is 2. The van der Waals surface area contributed by atoms with Gasteiger partial charge in [-0.1, -0.05) is 34.4 Å². The van der Waals surface area contributed by atoms with Crippen LogP contribution in [0.2, 0.25) is 10.0 Å². The van der Waals surface area contributed by atoms with E-state index in [1.54, 1.807) is 30.3 Å². The lowest BCUT2D eigenvalue weighted by molar-refractivity contribution is -0.147. The van der Waals surface area contributed by atoms with Crippen LogP contribution >= 0.6 is 23.2 Å². The normalized spacial score (nSPS) is 14.1. The number of carbonyl (C=O) groups is 2. The first-order chi connectivity index (χ1) is 16.2. The standard InChI is InChI=1S/C24H23Cl2N3O5/c1-13(2)33-21-6-4-16(8-19(21)26)27-23(30)20-9-22(34-28-20)17-5-3-14(7-18(17)25)10-29-11-15(12-29)24(31)32/h3-9,13,15H,10-12H2,1-2H3,(H,27,30)(H,31,32). The van der Waals surface area contributed by atoms with E-state index in [0.717, 1.165) is 5.56 Å². The molecule has 1 amide bonds. The minimum absolute atomic E-state index is 0.0209. The van der Waals surface area contributed by atoms with Crippen LogP contribution in [0.4, 0.5) is 5.69 Å². The summed E-state index contributed by atoms with van der Waals surface area (Å²) >= 11 is 12.7. The summed E-state index contributed by atoms with van der Waals surface area (Å²) in [5.74, 6) is -0.643. The Morgan fingerprint density at radius 1 is 1.18 bits per heavy atom. The van der Waals surface area contributed by atoms with Gasteiger partial charge >= 0.3 is 5.97 Å². The lowest BCUT2D eigenvalue weighted by Crippen LogP contribution is -2.49. The van der Waals surface area contributed by atoms with Crippen molar-refractivity contribution in [2.24, 2.45) is 5.92 Å². The number of carboxylic acids is 1. The number of carbonyl (C=O) groups excluding carboxylic acids is 1. The molecule has 34 heavy (non-hydrogen) atoms. The predicted octanol–water partition coefficient (Wildman–Crippen LogP) is 5.20. The molecule has 3 aromatic rings. The molecule has 2 aromatic carbocycles. The second kappa shape index (κ2) is 10.0.